The normalized spacial score (nSPS) is 19.5. The van der Waals surface area contributed by atoms with Crippen LogP contribution in [-0.2, 0) is 9.53 Å². The molecule has 0 bridgehead atoms. The van der Waals surface area contributed by atoms with E-state index >= 15 is 0 Å². The van der Waals surface area contributed by atoms with Gasteiger partial charge >= 0.3 is 0 Å². The molecule has 0 saturated carbocycles. The number of ether oxygens (including phenoxy) is 1. The van der Waals surface area contributed by atoms with Crippen molar-refractivity contribution in [1.29, 1.82) is 0 Å². The van der Waals surface area contributed by atoms with Crippen LogP contribution in [0.25, 0.3) is 0 Å². The highest BCUT2D eigenvalue weighted by Crippen LogP contribution is 2.17. The van der Waals surface area contributed by atoms with Gasteiger partial charge < -0.3 is 25.7 Å². The van der Waals surface area contributed by atoms with E-state index in [9.17, 15) is 4.79 Å². The molecule has 1 heterocycles. The van der Waals surface area contributed by atoms with Crippen molar-refractivity contribution in [2.45, 2.75) is 32.3 Å². The fourth-order valence-corrected chi connectivity index (χ4v) is 2.26. The van der Waals surface area contributed by atoms with Gasteiger partial charge in [-0.15, -0.1) is 0 Å². The van der Waals surface area contributed by atoms with E-state index in [0.717, 1.165) is 12.8 Å². The Balaban J connectivity index is 2.48. The van der Waals surface area contributed by atoms with Crippen LogP contribution in [0.2, 0.25) is 0 Å². The molecule has 4 N–H and O–H groups in total. The second-order valence-corrected chi connectivity index (χ2v) is 4.60. The molecule has 1 saturated heterocycles. The Morgan fingerprint density at radius 1 is 1.53 bits per heavy atom. The summed E-state index contributed by atoms with van der Waals surface area (Å²) in [6.45, 7) is 3.38. The summed E-state index contributed by atoms with van der Waals surface area (Å²) in [6.07, 6.45) is 2.10. The molecule has 1 aliphatic heterocycles. The Bertz CT molecular complexity index is 314. The zero-order chi connectivity index (χ0) is 14.3. The number of hydrogen-bond acceptors (Lipinski definition) is 5. The van der Waals surface area contributed by atoms with Gasteiger partial charge in [-0.25, -0.2) is 0 Å². The van der Waals surface area contributed by atoms with Gasteiger partial charge in [-0.05, 0) is 19.3 Å². The van der Waals surface area contributed by atoms with E-state index in [-0.39, 0.29) is 24.5 Å². The maximum atomic E-state index is 12.2. The van der Waals surface area contributed by atoms with Crippen molar-refractivity contribution in [2.24, 2.45) is 16.8 Å². The summed E-state index contributed by atoms with van der Waals surface area (Å²) < 4.78 is 5.44. The summed E-state index contributed by atoms with van der Waals surface area (Å²) in [5.41, 5.74) is 5.53. The molecule has 0 aliphatic carbocycles. The molecule has 110 valence electrons. The number of aliphatic hydroxyl groups excluding tert-OH is 1. The van der Waals surface area contributed by atoms with E-state index in [4.69, 9.17) is 20.8 Å². The van der Waals surface area contributed by atoms with Crippen LogP contribution in [0.15, 0.2) is 5.16 Å². The molecular formula is C12H23N3O4. The zero-order valence-corrected chi connectivity index (χ0v) is 11.3. The van der Waals surface area contributed by atoms with Gasteiger partial charge in [-0.1, -0.05) is 12.1 Å². The van der Waals surface area contributed by atoms with Crippen LogP contribution < -0.4 is 5.73 Å². The Morgan fingerprint density at radius 3 is 2.63 bits per heavy atom. The van der Waals surface area contributed by atoms with Gasteiger partial charge in [-0.3, -0.25) is 4.79 Å². The largest absolute Gasteiger partial charge is 0.409 e. The molecule has 1 fully saturated rings. The number of amidine groups is 1. The molecular weight excluding hydrogens is 250 g/mol. The van der Waals surface area contributed by atoms with Crippen LogP contribution in [0.5, 0.6) is 0 Å². The minimum atomic E-state index is -0.556. The highest BCUT2D eigenvalue weighted by Gasteiger charge is 2.29. The first kappa shape index (κ1) is 15.7. The van der Waals surface area contributed by atoms with Gasteiger partial charge in [0.05, 0.1) is 25.2 Å². The topological polar surface area (TPSA) is 108 Å². The Hall–Kier alpha value is -1.34. The maximum absolute atomic E-state index is 12.2. The molecule has 7 heteroatoms. The number of amides is 1. The third-order valence-electron chi connectivity index (χ3n) is 3.38. The van der Waals surface area contributed by atoms with Gasteiger partial charge in [-0.2, -0.15) is 0 Å². The van der Waals surface area contributed by atoms with E-state index < -0.39 is 5.92 Å². The van der Waals surface area contributed by atoms with Gasteiger partial charge in [0.2, 0.25) is 5.91 Å². The second kappa shape index (κ2) is 7.96. The Kier molecular flexibility index (Phi) is 6.58. The third kappa shape index (κ3) is 4.36. The van der Waals surface area contributed by atoms with Crippen molar-refractivity contribution in [1.82, 2.24) is 4.90 Å². The molecule has 19 heavy (non-hydrogen) atoms. The van der Waals surface area contributed by atoms with Gasteiger partial charge in [0, 0.05) is 13.1 Å². The average Bonchev–Trinajstić information content (AvgIpc) is 2.46. The molecule has 1 aliphatic rings. The van der Waals surface area contributed by atoms with Gasteiger partial charge in [0.15, 0.2) is 5.84 Å². The maximum Gasteiger partial charge on any atom is 0.233 e. The van der Waals surface area contributed by atoms with Crippen LogP contribution in [0.1, 0.15) is 26.2 Å². The fraction of sp³-hybridized carbons (Fsp3) is 0.833. The first-order chi connectivity index (χ1) is 9.13. The first-order valence-electron chi connectivity index (χ1n) is 6.62. The fourth-order valence-electron chi connectivity index (χ4n) is 2.26. The number of nitrogens with two attached hydrogens (primary N) is 1. The molecule has 1 amide bonds. The Labute approximate surface area is 113 Å². The lowest BCUT2D eigenvalue weighted by molar-refractivity contribution is -0.136. The number of oxime groups is 1. The molecule has 0 aromatic carbocycles. The van der Waals surface area contributed by atoms with Crippen LogP contribution in [0, 0.1) is 5.92 Å². The monoisotopic (exact) mass is 273 g/mol. The molecule has 1 unspecified atom stereocenters. The van der Waals surface area contributed by atoms with Crippen molar-refractivity contribution in [2.75, 3.05) is 26.3 Å². The predicted octanol–water partition coefficient (Wildman–Crippen LogP) is -0.241. The summed E-state index contributed by atoms with van der Waals surface area (Å²) in [7, 11) is 0. The van der Waals surface area contributed by atoms with Crippen molar-refractivity contribution in [3.05, 3.63) is 0 Å². The molecule has 7 nitrogen and oxygen atoms in total. The number of piperidine rings is 1. The SMILES string of the molecule is CCC(C(=O)N1CCC(OCCO)CC1)C(N)=NO. The van der Waals surface area contributed by atoms with Crippen molar-refractivity contribution in [3.8, 4) is 0 Å². The molecule has 0 aromatic heterocycles. The van der Waals surface area contributed by atoms with Crippen LogP contribution in [-0.4, -0.2) is 59.4 Å². The number of likely N-dealkylation sites (tertiary alicyclic amines) is 1. The van der Waals surface area contributed by atoms with Crippen molar-refractivity contribution >= 4 is 11.7 Å². The van der Waals surface area contributed by atoms with Crippen molar-refractivity contribution in [3.63, 3.8) is 0 Å². The molecule has 0 aromatic rings. The zero-order valence-electron chi connectivity index (χ0n) is 11.3. The highest BCUT2D eigenvalue weighted by atomic mass is 16.5. The summed E-state index contributed by atoms with van der Waals surface area (Å²) in [5.74, 6) is -0.690. The number of carbonyl (C=O) groups excluding carboxylic acids is 1. The van der Waals surface area contributed by atoms with E-state index in [1.54, 1.807) is 4.90 Å². The molecule has 1 atom stereocenters. The lowest BCUT2D eigenvalue weighted by Gasteiger charge is -2.33. The summed E-state index contributed by atoms with van der Waals surface area (Å²) in [6, 6.07) is 0. The van der Waals surface area contributed by atoms with Crippen LogP contribution >= 0.6 is 0 Å². The minimum Gasteiger partial charge on any atom is -0.409 e. The lowest BCUT2D eigenvalue weighted by Crippen LogP contribution is -2.46. The minimum absolute atomic E-state index is 0.0144. The number of aliphatic hydroxyl groups is 1. The molecule has 0 spiro atoms. The van der Waals surface area contributed by atoms with Gasteiger partial charge in [0.1, 0.15) is 0 Å². The van der Waals surface area contributed by atoms with E-state index in [1.165, 1.54) is 0 Å². The number of hydrogen-bond donors (Lipinski definition) is 3. The van der Waals surface area contributed by atoms with E-state index in [0.29, 0.717) is 26.1 Å². The van der Waals surface area contributed by atoms with Crippen LogP contribution in [0.4, 0.5) is 0 Å². The third-order valence-corrected chi connectivity index (χ3v) is 3.38. The quantitative estimate of drug-likeness (QED) is 0.268. The second-order valence-electron chi connectivity index (χ2n) is 4.60. The summed E-state index contributed by atoms with van der Waals surface area (Å²) >= 11 is 0. The smallest absolute Gasteiger partial charge is 0.233 e. The van der Waals surface area contributed by atoms with E-state index in [2.05, 4.69) is 5.16 Å². The van der Waals surface area contributed by atoms with Crippen molar-refractivity contribution < 1.29 is 19.8 Å². The Morgan fingerprint density at radius 2 is 2.16 bits per heavy atom. The number of nitrogens with zero attached hydrogens (tertiary/aromatic N) is 2. The van der Waals surface area contributed by atoms with Gasteiger partial charge in [0.25, 0.3) is 0 Å². The lowest BCUT2D eigenvalue weighted by atomic mass is 10.0. The summed E-state index contributed by atoms with van der Waals surface area (Å²) in [5, 5.41) is 20.3. The molecule has 1 rings (SSSR count). The average molecular weight is 273 g/mol. The number of rotatable bonds is 6. The molecule has 0 radical (unpaired) electrons. The highest BCUT2D eigenvalue weighted by molar-refractivity contribution is 6.02. The number of carbonyl (C=O) groups is 1. The standard InChI is InChI=1S/C12H23N3O4/c1-2-10(11(13)14-18)12(17)15-5-3-9(4-6-15)19-8-7-16/h9-10,16,18H,2-8H2,1H3,(H2,13,14). The predicted molar refractivity (Wildman–Crippen MR) is 69.8 cm³/mol. The van der Waals surface area contributed by atoms with E-state index in [1.807, 2.05) is 6.92 Å². The first-order valence-corrected chi connectivity index (χ1v) is 6.62. The summed E-state index contributed by atoms with van der Waals surface area (Å²) in [4.78, 5) is 14.0. The van der Waals surface area contributed by atoms with Crippen LogP contribution in [0.3, 0.4) is 0 Å².